The van der Waals surface area contributed by atoms with Crippen molar-refractivity contribution in [1.29, 1.82) is 0 Å². The van der Waals surface area contributed by atoms with Gasteiger partial charge >= 0.3 is 0 Å². The highest BCUT2D eigenvalue weighted by Gasteiger charge is 2.12. The van der Waals surface area contributed by atoms with Gasteiger partial charge in [0.05, 0.1) is 0 Å². The summed E-state index contributed by atoms with van der Waals surface area (Å²) in [6.07, 6.45) is 2.52. The lowest BCUT2D eigenvalue weighted by Crippen LogP contribution is -2.28. The Kier molecular flexibility index (Phi) is 2.44. The summed E-state index contributed by atoms with van der Waals surface area (Å²) >= 11 is 0. The molecule has 0 radical (unpaired) electrons. The zero-order valence-corrected chi connectivity index (χ0v) is 6.43. The van der Waals surface area contributed by atoms with Gasteiger partial charge in [0.25, 0.3) is 0 Å². The molecule has 0 saturated carbocycles. The summed E-state index contributed by atoms with van der Waals surface area (Å²) in [5.74, 6) is 0.871. The van der Waals surface area contributed by atoms with Gasteiger partial charge in [-0.1, -0.05) is 6.92 Å². The molecule has 1 fully saturated rings. The van der Waals surface area contributed by atoms with E-state index < -0.39 is 0 Å². The maximum atomic E-state index is 5.09. The molecule has 0 aromatic carbocycles. The van der Waals surface area contributed by atoms with Crippen LogP contribution in [-0.4, -0.2) is 18.0 Å². The van der Waals surface area contributed by atoms with Crippen LogP contribution in [0.1, 0.15) is 19.8 Å². The Morgan fingerprint density at radius 2 is 2.00 bits per heavy atom. The average Bonchev–Trinajstić information content (AvgIpc) is 1.95. The van der Waals surface area contributed by atoms with Crippen LogP contribution in [0.4, 0.5) is 0 Å². The number of rotatable bonds is 0. The first-order valence-corrected chi connectivity index (χ1v) is 3.79. The number of likely N-dealkylation sites (tertiary alicyclic amines) is 1. The van der Waals surface area contributed by atoms with Crippen LogP contribution in [0, 0.1) is 18.0 Å². The van der Waals surface area contributed by atoms with E-state index in [-0.39, 0.29) is 0 Å². The fourth-order valence-corrected chi connectivity index (χ4v) is 1.21. The van der Waals surface area contributed by atoms with Crippen LogP contribution in [0.25, 0.3) is 0 Å². The number of piperidine rings is 1. The van der Waals surface area contributed by atoms with Crippen molar-refractivity contribution in [2.45, 2.75) is 19.8 Å². The van der Waals surface area contributed by atoms with Crippen molar-refractivity contribution in [2.24, 2.45) is 11.7 Å². The molecule has 0 amide bonds. The van der Waals surface area contributed by atoms with Crippen molar-refractivity contribution in [1.82, 2.24) is 4.90 Å². The minimum Gasteiger partial charge on any atom is -0.358 e. The third-order valence-electron chi connectivity index (χ3n) is 2.01. The Morgan fingerprint density at radius 3 is 2.50 bits per heavy atom. The van der Waals surface area contributed by atoms with Crippen LogP contribution in [0.2, 0.25) is 0 Å². The largest absolute Gasteiger partial charge is 0.358 e. The fraction of sp³-hybridized carbons (Fsp3) is 0.750. The standard InChI is InChI=1S/C8H14N2/c1-8-2-5-10(6-3-8)7-4-9/h8H,2-3,5-6,9H2,1H3. The first-order valence-electron chi connectivity index (χ1n) is 3.79. The van der Waals surface area contributed by atoms with Crippen LogP contribution in [0.15, 0.2) is 0 Å². The van der Waals surface area contributed by atoms with Crippen LogP contribution in [0.3, 0.4) is 0 Å². The lowest BCUT2D eigenvalue weighted by Gasteiger charge is -2.26. The Hall–Kier alpha value is -0.840. The van der Waals surface area contributed by atoms with E-state index in [9.17, 15) is 0 Å². The molecule has 0 unspecified atom stereocenters. The summed E-state index contributed by atoms with van der Waals surface area (Å²) in [4.78, 5) is 2.10. The average molecular weight is 138 g/mol. The molecular formula is C8H14N2. The highest BCUT2D eigenvalue weighted by atomic mass is 15.1. The van der Waals surface area contributed by atoms with Gasteiger partial charge in [-0.25, -0.2) is 0 Å². The molecular weight excluding hydrogens is 124 g/mol. The van der Waals surface area contributed by atoms with Crippen molar-refractivity contribution >= 4 is 0 Å². The monoisotopic (exact) mass is 138 g/mol. The van der Waals surface area contributed by atoms with Crippen LogP contribution >= 0.6 is 0 Å². The molecule has 2 heteroatoms. The van der Waals surface area contributed by atoms with E-state index >= 15 is 0 Å². The molecule has 1 saturated heterocycles. The molecule has 1 aliphatic heterocycles. The molecule has 0 aromatic rings. The first kappa shape index (κ1) is 7.27. The zero-order valence-electron chi connectivity index (χ0n) is 6.43. The highest BCUT2D eigenvalue weighted by molar-refractivity contribution is 4.94. The van der Waals surface area contributed by atoms with Crippen molar-refractivity contribution < 1.29 is 0 Å². The fourth-order valence-electron chi connectivity index (χ4n) is 1.21. The quantitative estimate of drug-likeness (QED) is 0.392. The molecule has 0 aromatic heterocycles. The van der Waals surface area contributed by atoms with E-state index in [1.54, 1.807) is 0 Å². The van der Waals surface area contributed by atoms with Gasteiger partial charge in [0, 0.05) is 25.2 Å². The summed E-state index contributed by atoms with van der Waals surface area (Å²) in [6, 6.07) is 5.29. The zero-order chi connectivity index (χ0) is 7.40. The first-order chi connectivity index (χ1) is 4.83. The third kappa shape index (κ3) is 1.84. The lowest BCUT2D eigenvalue weighted by molar-refractivity contribution is 0.268. The second kappa shape index (κ2) is 3.36. The summed E-state index contributed by atoms with van der Waals surface area (Å²) in [7, 11) is 0. The van der Waals surface area contributed by atoms with E-state index in [1.165, 1.54) is 12.8 Å². The van der Waals surface area contributed by atoms with Crippen LogP contribution < -0.4 is 5.73 Å². The Labute approximate surface area is 62.4 Å². The molecule has 1 rings (SSSR count). The molecule has 10 heavy (non-hydrogen) atoms. The number of hydrogen-bond donors (Lipinski definition) is 1. The van der Waals surface area contributed by atoms with Gasteiger partial charge in [-0.05, 0) is 18.8 Å². The molecule has 1 heterocycles. The topological polar surface area (TPSA) is 29.3 Å². The Bertz CT molecular complexity index is 146. The van der Waals surface area contributed by atoms with Gasteiger partial charge in [-0.15, -0.1) is 0 Å². The molecule has 1 aliphatic rings. The molecule has 0 aliphatic carbocycles. The molecule has 0 spiro atoms. The molecule has 56 valence electrons. The lowest BCUT2D eigenvalue weighted by atomic mass is 10.00. The second-order valence-electron chi connectivity index (χ2n) is 2.93. The molecule has 2 N–H and O–H groups in total. The predicted molar refractivity (Wildman–Crippen MR) is 41.9 cm³/mol. The van der Waals surface area contributed by atoms with E-state index in [0.29, 0.717) is 0 Å². The van der Waals surface area contributed by atoms with Crippen molar-refractivity contribution in [3.63, 3.8) is 0 Å². The maximum Gasteiger partial charge on any atom is 0.0302 e. The Balaban J connectivity index is 2.30. The summed E-state index contributed by atoms with van der Waals surface area (Å²) in [6.45, 7) is 4.46. The second-order valence-corrected chi connectivity index (χ2v) is 2.93. The van der Waals surface area contributed by atoms with Crippen molar-refractivity contribution in [3.8, 4) is 12.1 Å². The van der Waals surface area contributed by atoms with E-state index in [0.717, 1.165) is 19.0 Å². The van der Waals surface area contributed by atoms with Crippen molar-refractivity contribution in [2.75, 3.05) is 13.1 Å². The summed E-state index contributed by atoms with van der Waals surface area (Å²) in [5, 5.41) is 0. The van der Waals surface area contributed by atoms with Crippen LogP contribution in [0.5, 0.6) is 0 Å². The van der Waals surface area contributed by atoms with Gasteiger partial charge in [-0.3, -0.25) is 0 Å². The van der Waals surface area contributed by atoms with Crippen LogP contribution in [-0.2, 0) is 0 Å². The van der Waals surface area contributed by atoms with Gasteiger partial charge in [0.2, 0.25) is 0 Å². The van der Waals surface area contributed by atoms with Gasteiger partial charge in [-0.2, -0.15) is 0 Å². The predicted octanol–water partition coefficient (Wildman–Crippen LogP) is 0.595. The molecule has 2 nitrogen and oxygen atoms in total. The van der Waals surface area contributed by atoms with E-state index in [2.05, 4.69) is 23.9 Å². The van der Waals surface area contributed by atoms with E-state index in [1.807, 2.05) is 0 Å². The highest BCUT2D eigenvalue weighted by Crippen LogP contribution is 2.14. The smallest absolute Gasteiger partial charge is 0.0302 e. The van der Waals surface area contributed by atoms with Crippen molar-refractivity contribution in [3.05, 3.63) is 0 Å². The summed E-state index contributed by atoms with van der Waals surface area (Å²) < 4.78 is 0. The van der Waals surface area contributed by atoms with E-state index in [4.69, 9.17) is 5.73 Å². The molecule has 0 bridgehead atoms. The Morgan fingerprint density at radius 1 is 1.40 bits per heavy atom. The summed E-state index contributed by atoms with van der Waals surface area (Å²) in [5.41, 5.74) is 5.09. The van der Waals surface area contributed by atoms with Gasteiger partial charge in [0.1, 0.15) is 0 Å². The number of nitrogens with zero attached hydrogens (tertiary/aromatic N) is 1. The third-order valence-corrected chi connectivity index (χ3v) is 2.01. The minimum absolute atomic E-state index is 0.871. The number of nitrogens with two attached hydrogens (primary N) is 1. The van der Waals surface area contributed by atoms with Gasteiger partial charge < -0.3 is 10.6 Å². The SMILES string of the molecule is CC1CCN(C#CN)CC1. The maximum absolute atomic E-state index is 5.09. The molecule has 0 atom stereocenters. The minimum atomic E-state index is 0.871. The number of hydrogen-bond acceptors (Lipinski definition) is 2. The van der Waals surface area contributed by atoms with Gasteiger partial charge in [0.15, 0.2) is 0 Å². The normalized spacial score (nSPS) is 19.9.